The first-order valence-corrected chi connectivity index (χ1v) is 4.13. The maximum atomic E-state index is 8.58. The Morgan fingerprint density at radius 1 is 1.38 bits per heavy atom. The number of hydrogen-bond acceptors (Lipinski definition) is 2. The van der Waals surface area contributed by atoms with Crippen molar-refractivity contribution < 1.29 is 4.74 Å². The summed E-state index contributed by atoms with van der Waals surface area (Å²) < 4.78 is 5.32. The second kappa shape index (κ2) is 3.04. The van der Waals surface area contributed by atoms with Crippen molar-refractivity contribution >= 4 is 0 Å². The van der Waals surface area contributed by atoms with E-state index < -0.39 is 0 Å². The summed E-state index contributed by atoms with van der Waals surface area (Å²) >= 11 is 0. The molecule has 0 radical (unpaired) electrons. The van der Waals surface area contributed by atoms with Gasteiger partial charge < -0.3 is 4.74 Å². The van der Waals surface area contributed by atoms with Crippen LogP contribution in [0.3, 0.4) is 0 Å². The number of hydrogen-bond donors (Lipinski definition) is 0. The fraction of sp³-hybridized carbons (Fsp3) is 0.182. The Labute approximate surface area is 77.1 Å². The summed E-state index contributed by atoms with van der Waals surface area (Å²) in [5.74, 6) is 0. The fourth-order valence-electron chi connectivity index (χ4n) is 1.32. The van der Waals surface area contributed by atoms with E-state index in [1.165, 1.54) is 0 Å². The molecule has 0 saturated carbocycles. The number of nitrogens with zero attached hydrogens (tertiary/aromatic N) is 1. The van der Waals surface area contributed by atoms with Crippen molar-refractivity contribution in [3.63, 3.8) is 0 Å². The third kappa shape index (κ3) is 1.47. The molecule has 2 nitrogen and oxygen atoms in total. The van der Waals surface area contributed by atoms with Gasteiger partial charge in [0.05, 0.1) is 11.6 Å². The maximum absolute atomic E-state index is 8.58. The Morgan fingerprint density at radius 3 is 2.54 bits per heavy atom. The lowest BCUT2D eigenvalue weighted by atomic mass is 10.1. The molecule has 0 aliphatic carbocycles. The first-order valence-electron chi connectivity index (χ1n) is 4.13. The summed E-state index contributed by atoms with van der Waals surface area (Å²) in [5, 5.41) is 8.58. The summed E-state index contributed by atoms with van der Waals surface area (Å²) in [7, 11) is 0. The van der Waals surface area contributed by atoms with Gasteiger partial charge in [0, 0.05) is 0 Å². The normalized spacial score (nSPS) is 24.8. The molecule has 13 heavy (non-hydrogen) atoms. The van der Waals surface area contributed by atoms with Crippen LogP contribution in [0.4, 0.5) is 0 Å². The van der Waals surface area contributed by atoms with Crippen LogP contribution in [0.15, 0.2) is 36.9 Å². The third-order valence-electron chi connectivity index (χ3n) is 2.13. The highest BCUT2D eigenvalue weighted by Gasteiger charge is 2.37. The summed E-state index contributed by atoms with van der Waals surface area (Å²) in [4.78, 5) is 0. The van der Waals surface area contributed by atoms with Gasteiger partial charge in [-0.1, -0.05) is 18.2 Å². The largest absolute Gasteiger partial charge is 0.360 e. The number of nitriles is 1. The minimum Gasteiger partial charge on any atom is -0.360 e. The van der Waals surface area contributed by atoms with Crippen molar-refractivity contribution in [1.82, 2.24) is 0 Å². The van der Waals surface area contributed by atoms with E-state index in [9.17, 15) is 0 Å². The van der Waals surface area contributed by atoms with Crippen molar-refractivity contribution in [3.05, 3.63) is 48.0 Å². The second-order valence-electron chi connectivity index (χ2n) is 2.99. The van der Waals surface area contributed by atoms with Gasteiger partial charge >= 0.3 is 0 Å². The van der Waals surface area contributed by atoms with Crippen molar-refractivity contribution in [2.75, 3.05) is 0 Å². The smallest absolute Gasteiger partial charge is 0.113 e. The van der Waals surface area contributed by atoms with E-state index in [0.29, 0.717) is 5.56 Å². The van der Waals surface area contributed by atoms with E-state index in [2.05, 4.69) is 12.6 Å². The zero-order chi connectivity index (χ0) is 9.26. The Bertz CT molecular complexity index is 361. The van der Waals surface area contributed by atoms with Crippen LogP contribution in [0.2, 0.25) is 0 Å². The molecule has 0 amide bonds. The van der Waals surface area contributed by atoms with Crippen molar-refractivity contribution in [1.29, 1.82) is 5.26 Å². The third-order valence-corrected chi connectivity index (χ3v) is 2.13. The molecule has 1 aromatic rings. The predicted molar refractivity (Wildman–Crippen MR) is 49.0 cm³/mol. The molecule has 0 unspecified atom stereocenters. The topological polar surface area (TPSA) is 36.3 Å². The minimum absolute atomic E-state index is 0.158. The van der Waals surface area contributed by atoms with Crippen LogP contribution in [0.25, 0.3) is 0 Å². The Hall–Kier alpha value is -1.59. The summed E-state index contributed by atoms with van der Waals surface area (Å²) in [6.07, 6.45) is 2.11. The summed E-state index contributed by atoms with van der Waals surface area (Å²) in [6, 6.07) is 9.53. The molecule has 0 aromatic heterocycles. The van der Waals surface area contributed by atoms with Gasteiger partial charge in [-0.25, -0.2) is 0 Å². The van der Waals surface area contributed by atoms with Crippen molar-refractivity contribution in [2.24, 2.45) is 0 Å². The predicted octanol–water partition coefficient (Wildman–Crippen LogP) is 2.18. The molecule has 0 bridgehead atoms. The van der Waals surface area contributed by atoms with Crippen molar-refractivity contribution in [2.45, 2.75) is 12.2 Å². The van der Waals surface area contributed by atoms with Gasteiger partial charge in [-0.15, -0.1) is 6.58 Å². The molecule has 1 aromatic carbocycles. The number of ether oxygens (including phenoxy) is 1. The van der Waals surface area contributed by atoms with Crippen LogP contribution >= 0.6 is 0 Å². The van der Waals surface area contributed by atoms with Crippen LogP contribution in [-0.4, -0.2) is 6.10 Å². The van der Waals surface area contributed by atoms with Gasteiger partial charge in [0.25, 0.3) is 0 Å². The highest BCUT2D eigenvalue weighted by molar-refractivity contribution is 5.34. The van der Waals surface area contributed by atoms with Crippen LogP contribution < -0.4 is 0 Å². The Kier molecular flexibility index (Phi) is 1.88. The molecule has 1 fully saturated rings. The van der Waals surface area contributed by atoms with Crippen LogP contribution in [0.5, 0.6) is 0 Å². The quantitative estimate of drug-likeness (QED) is 0.505. The van der Waals surface area contributed by atoms with Crippen LogP contribution in [0, 0.1) is 11.3 Å². The Balaban J connectivity index is 2.16. The summed E-state index contributed by atoms with van der Waals surface area (Å²) in [5.41, 5.74) is 1.79. The average molecular weight is 171 g/mol. The monoisotopic (exact) mass is 171 g/mol. The average Bonchev–Trinajstić information content (AvgIpc) is 2.97. The highest BCUT2D eigenvalue weighted by Crippen LogP contribution is 2.38. The van der Waals surface area contributed by atoms with E-state index in [1.54, 1.807) is 18.2 Å². The SMILES string of the molecule is C=C[C@@H]1O[C@@H]1c1ccc(C#N)cc1. The molecule has 1 aliphatic heterocycles. The highest BCUT2D eigenvalue weighted by atomic mass is 16.6. The zero-order valence-electron chi connectivity index (χ0n) is 7.10. The van der Waals surface area contributed by atoms with Gasteiger partial charge in [0.2, 0.25) is 0 Å². The first kappa shape index (κ1) is 8.03. The van der Waals surface area contributed by atoms with Gasteiger partial charge in [0.1, 0.15) is 12.2 Å². The molecular weight excluding hydrogens is 162 g/mol. The lowest BCUT2D eigenvalue weighted by Crippen LogP contribution is -1.84. The zero-order valence-corrected chi connectivity index (χ0v) is 7.10. The molecule has 1 aliphatic rings. The van der Waals surface area contributed by atoms with E-state index in [1.807, 2.05) is 12.1 Å². The first-order chi connectivity index (χ1) is 6.35. The molecule has 0 spiro atoms. The van der Waals surface area contributed by atoms with Crippen LogP contribution in [-0.2, 0) is 4.74 Å². The van der Waals surface area contributed by atoms with E-state index in [-0.39, 0.29) is 12.2 Å². The molecular formula is C11H9NO. The molecule has 2 heteroatoms. The fourth-order valence-corrected chi connectivity index (χ4v) is 1.32. The molecule has 2 rings (SSSR count). The van der Waals surface area contributed by atoms with Crippen LogP contribution in [0.1, 0.15) is 17.2 Å². The number of epoxide rings is 1. The maximum Gasteiger partial charge on any atom is 0.113 e. The lowest BCUT2D eigenvalue weighted by molar-refractivity contribution is 0.394. The number of rotatable bonds is 2. The van der Waals surface area contributed by atoms with E-state index >= 15 is 0 Å². The number of benzene rings is 1. The standard InChI is InChI=1S/C11H9NO/c1-2-10-11(13-10)9-5-3-8(7-12)4-6-9/h2-6,10-11H,1H2/t10-,11+/m0/s1. The Morgan fingerprint density at radius 2 is 2.08 bits per heavy atom. The van der Waals surface area contributed by atoms with Gasteiger partial charge in [-0.05, 0) is 17.7 Å². The van der Waals surface area contributed by atoms with E-state index in [4.69, 9.17) is 10.00 Å². The molecule has 1 saturated heterocycles. The van der Waals surface area contributed by atoms with Gasteiger partial charge in [0.15, 0.2) is 0 Å². The van der Waals surface area contributed by atoms with Gasteiger partial charge in [-0.2, -0.15) is 5.26 Å². The molecule has 0 N–H and O–H groups in total. The lowest BCUT2D eigenvalue weighted by Gasteiger charge is -1.94. The van der Waals surface area contributed by atoms with E-state index in [0.717, 1.165) is 5.56 Å². The molecule has 64 valence electrons. The molecule has 2 atom stereocenters. The second-order valence-corrected chi connectivity index (χ2v) is 2.99. The van der Waals surface area contributed by atoms with Gasteiger partial charge in [-0.3, -0.25) is 0 Å². The van der Waals surface area contributed by atoms with Crippen molar-refractivity contribution in [3.8, 4) is 6.07 Å². The minimum atomic E-state index is 0.158. The molecule has 1 heterocycles. The summed E-state index contributed by atoms with van der Waals surface area (Å²) in [6.45, 7) is 3.65.